The number of nitrogens with one attached hydrogen (secondary N) is 2. The number of aliphatic hydroxyl groups is 1. The second-order valence-electron chi connectivity index (χ2n) is 7.34. The Balaban J connectivity index is 0.00000392. The molecule has 9 heteroatoms. The van der Waals surface area contributed by atoms with Crippen molar-refractivity contribution in [3.63, 3.8) is 0 Å². The van der Waals surface area contributed by atoms with Gasteiger partial charge in [-0.3, -0.25) is 9.48 Å². The van der Waals surface area contributed by atoms with Crippen LogP contribution in [0.25, 0.3) is 0 Å². The molecule has 28 heavy (non-hydrogen) atoms. The van der Waals surface area contributed by atoms with Gasteiger partial charge in [0.2, 0.25) is 5.91 Å². The molecular formula is C19H35IN6O2. The van der Waals surface area contributed by atoms with Gasteiger partial charge in [-0.25, -0.2) is 4.99 Å². The van der Waals surface area contributed by atoms with Gasteiger partial charge in [0, 0.05) is 50.9 Å². The van der Waals surface area contributed by atoms with Crippen molar-refractivity contribution in [2.24, 2.45) is 12.0 Å². The Kier molecular flexibility index (Phi) is 10.2. The Labute approximate surface area is 185 Å². The van der Waals surface area contributed by atoms with Crippen LogP contribution in [0.15, 0.2) is 17.4 Å². The number of hydrogen-bond acceptors (Lipinski definition) is 4. The molecule has 2 unspecified atom stereocenters. The maximum absolute atomic E-state index is 12.0. The molecule has 1 saturated heterocycles. The first kappa shape index (κ1) is 24.7. The maximum atomic E-state index is 12.0. The lowest BCUT2D eigenvalue weighted by atomic mass is 10.0. The lowest BCUT2D eigenvalue weighted by Crippen LogP contribution is -2.42. The summed E-state index contributed by atoms with van der Waals surface area (Å²) in [7, 11) is 1.82. The van der Waals surface area contributed by atoms with Crippen LogP contribution < -0.4 is 10.6 Å². The summed E-state index contributed by atoms with van der Waals surface area (Å²) in [4.78, 5) is 18.5. The molecule has 1 aliphatic heterocycles. The monoisotopic (exact) mass is 506 g/mol. The summed E-state index contributed by atoms with van der Waals surface area (Å²) in [5, 5.41) is 21.3. The Bertz CT molecular complexity index is 646. The van der Waals surface area contributed by atoms with Gasteiger partial charge in [-0.05, 0) is 33.1 Å². The molecule has 0 radical (unpaired) electrons. The Morgan fingerprint density at radius 1 is 1.43 bits per heavy atom. The summed E-state index contributed by atoms with van der Waals surface area (Å²) in [6.07, 6.45) is 6.94. The molecule has 0 spiro atoms. The number of nitrogens with zero attached hydrogens (tertiary/aromatic N) is 4. The summed E-state index contributed by atoms with van der Waals surface area (Å²) < 4.78 is 1.67. The number of aliphatic imine (C=N–C) groups is 1. The third-order valence-electron chi connectivity index (χ3n) is 5.01. The number of likely N-dealkylation sites (tertiary alicyclic amines) is 1. The van der Waals surface area contributed by atoms with E-state index in [1.165, 1.54) is 0 Å². The van der Waals surface area contributed by atoms with E-state index < -0.39 is 5.60 Å². The largest absolute Gasteiger partial charge is 0.383 e. The Hall–Kier alpha value is -1.36. The Morgan fingerprint density at radius 3 is 2.71 bits per heavy atom. The molecule has 2 rings (SSSR count). The predicted octanol–water partition coefficient (Wildman–Crippen LogP) is 1.59. The molecule has 160 valence electrons. The molecule has 3 N–H and O–H groups in total. The van der Waals surface area contributed by atoms with Crippen molar-refractivity contribution >= 4 is 35.8 Å². The highest BCUT2D eigenvalue weighted by atomic mass is 127. The van der Waals surface area contributed by atoms with Crippen LogP contribution in [0.4, 0.5) is 0 Å². The van der Waals surface area contributed by atoms with Crippen LogP contribution in [-0.2, 0) is 17.4 Å². The van der Waals surface area contributed by atoms with Crippen molar-refractivity contribution in [1.82, 2.24) is 25.3 Å². The minimum absolute atomic E-state index is 0. The number of aromatic nitrogens is 2. The summed E-state index contributed by atoms with van der Waals surface area (Å²) in [5.74, 6) is 0.944. The van der Waals surface area contributed by atoms with Gasteiger partial charge in [0.25, 0.3) is 0 Å². The number of amides is 1. The first-order valence-corrected chi connectivity index (χ1v) is 9.90. The highest BCUT2D eigenvalue weighted by Gasteiger charge is 2.27. The smallest absolute Gasteiger partial charge is 0.222 e. The van der Waals surface area contributed by atoms with Crippen LogP contribution in [0.2, 0.25) is 0 Å². The molecule has 1 amide bonds. The molecule has 0 aromatic carbocycles. The van der Waals surface area contributed by atoms with Crippen LogP contribution in [0.5, 0.6) is 0 Å². The van der Waals surface area contributed by atoms with Crippen LogP contribution in [0.1, 0.15) is 52.0 Å². The second kappa shape index (κ2) is 11.6. The molecule has 8 nitrogen and oxygen atoms in total. The van der Waals surface area contributed by atoms with Gasteiger partial charge < -0.3 is 20.6 Å². The highest BCUT2D eigenvalue weighted by Crippen LogP contribution is 2.20. The first-order valence-electron chi connectivity index (χ1n) is 9.90. The lowest BCUT2D eigenvalue weighted by Gasteiger charge is -2.27. The number of carbonyl (C=O) groups excluding carboxylic acids is 1. The average molecular weight is 506 g/mol. The van der Waals surface area contributed by atoms with E-state index in [1.807, 2.05) is 18.9 Å². The van der Waals surface area contributed by atoms with E-state index in [4.69, 9.17) is 0 Å². The van der Waals surface area contributed by atoms with Crippen molar-refractivity contribution in [2.45, 2.75) is 58.1 Å². The fourth-order valence-corrected chi connectivity index (χ4v) is 3.36. The number of guanidine groups is 1. The maximum Gasteiger partial charge on any atom is 0.222 e. The molecular weight excluding hydrogens is 471 g/mol. The quantitative estimate of drug-likeness (QED) is 0.269. The number of halogens is 1. The van der Waals surface area contributed by atoms with E-state index in [2.05, 4.69) is 27.6 Å². The molecule has 2 atom stereocenters. The predicted molar refractivity (Wildman–Crippen MR) is 122 cm³/mol. The van der Waals surface area contributed by atoms with Crippen molar-refractivity contribution in [2.75, 3.05) is 26.2 Å². The second-order valence-corrected chi connectivity index (χ2v) is 7.34. The molecule has 0 aliphatic carbocycles. The number of rotatable bonds is 9. The van der Waals surface area contributed by atoms with Gasteiger partial charge in [-0.2, -0.15) is 5.10 Å². The van der Waals surface area contributed by atoms with E-state index in [0.29, 0.717) is 12.4 Å². The third-order valence-corrected chi connectivity index (χ3v) is 5.01. The van der Waals surface area contributed by atoms with Crippen LogP contribution in [-0.4, -0.2) is 63.9 Å². The van der Waals surface area contributed by atoms with Gasteiger partial charge in [0.1, 0.15) is 5.60 Å². The van der Waals surface area contributed by atoms with E-state index >= 15 is 0 Å². The lowest BCUT2D eigenvalue weighted by molar-refractivity contribution is -0.129. The van der Waals surface area contributed by atoms with E-state index in [1.54, 1.807) is 24.0 Å². The van der Waals surface area contributed by atoms with Gasteiger partial charge in [-0.1, -0.05) is 6.92 Å². The summed E-state index contributed by atoms with van der Waals surface area (Å²) in [6.45, 7) is 8.44. The first-order chi connectivity index (χ1) is 12.9. The number of aryl methyl sites for hydroxylation is 1. The summed E-state index contributed by atoms with van der Waals surface area (Å²) in [6, 6.07) is 0.272. The number of carbonyl (C=O) groups is 1. The zero-order chi connectivity index (χ0) is 19.9. The molecule has 1 fully saturated rings. The van der Waals surface area contributed by atoms with Crippen molar-refractivity contribution in [3.05, 3.63) is 18.0 Å². The summed E-state index contributed by atoms with van der Waals surface area (Å²) in [5.41, 5.74) is -0.340. The van der Waals surface area contributed by atoms with Crippen molar-refractivity contribution < 1.29 is 9.90 Å². The van der Waals surface area contributed by atoms with Gasteiger partial charge in [0.15, 0.2) is 5.96 Å². The molecule has 1 aromatic rings. The zero-order valence-electron chi connectivity index (χ0n) is 17.4. The van der Waals surface area contributed by atoms with Gasteiger partial charge in [-0.15, -0.1) is 24.0 Å². The van der Waals surface area contributed by atoms with Gasteiger partial charge >= 0.3 is 0 Å². The highest BCUT2D eigenvalue weighted by molar-refractivity contribution is 14.0. The summed E-state index contributed by atoms with van der Waals surface area (Å²) >= 11 is 0. The minimum Gasteiger partial charge on any atom is -0.383 e. The van der Waals surface area contributed by atoms with Crippen molar-refractivity contribution in [3.8, 4) is 0 Å². The number of hydrogen-bond donors (Lipinski definition) is 3. The van der Waals surface area contributed by atoms with Crippen LogP contribution in [0, 0.1) is 0 Å². The SMILES string of the molecule is CCNC(=NCC(C)(O)c1cnn(C)c1)NCCC(CC)N1CCCC1=O.I. The molecule has 0 bridgehead atoms. The molecule has 2 heterocycles. The Morgan fingerprint density at radius 2 is 2.18 bits per heavy atom. The third kappa shape index (κ3) is 6.91. The fourth-order valence-electron chi connectivity index (χ4n) is 3.36. The molecule has 0 saturated carbocycles. The molecule has 1 aromatic heterocycles. The average Bonchev–Trinajstić information content (AvgIpc) is 3.25. The normalized spacial score (nSPS) is 17.8. The van der Waals surface area contributed by atoms with Crippen LogP contribution >= 0.6 is 24.0 Å². The van der Waals surface area contributed by atoms with E-state index in [0.717, 1.165) is 44.5 Å². The van der Waals surface area contributed by atoms with Crippen LogP contribution in [0.3, 0.4) is 0 Å². The minimum atomic E-state index is -1.08. The standard InChI is InChI=1S/C19H34N6O2.HI/c1-5-16(25-11-7-8-17(25)26)9-10-21-18(20-6-2)22-14-19(3,27)15-12-23-24(4)13-15;/h12-13,16,27H,5-11,14H2,1-4H3,(H2,20,21,22);1H. The zero-order valence-corrected chi connectivity index (χ0v) is 19.8. The van der Waals surface area contributed by atoms with Crippen molar-refractivity contribution in [1.29, 1.82) is 0 Å². The van der Waals surface area contributed by atoms with E-state index in [9.17, 15) is 9.90 Å². The van der Waals surface area contributed by atoms with Gasteiger partial charge in [0.05, 0.1) is 12.7 Å². The fraction of sp³-hybridized carbons (Fsp3) is 0.737. The topological polar surface area (TPSA) is 94.8 Å². The molecule has 1 aliphatic rings. The van der Waals surface area contributed by atoms with E-state index in [-0.39, 0.29) is 42.5 Å².